The summed E-state index contributed by atoms with van der Waals surface area (Å²) in [6.45, 7) is 2.80. The third-order valence-corrected chi connectivity index (χ3v) is 4.12. The molecule has 19 heavy (non-hydrogen) atoms. The van der Waals surface area contributed by atoms with Gasteiger partial charge in [-0.3, -0.25) is 4.79 Å². The Bertz CT molecular complexity index is 423. The molecule has 0 saturated heterocycles. The van der Waals surface area contributed by atoms with Crippen LogP contribution in [-0.4, -0.2) is 12.3 Å². The molecule has 1 rings (SSSR count). The number of hydrogen-bond donors (Lipinski definition) is 1. The van der Waals surface area contributed by atoms with Crippen LogP contribution in [0.1, 0.15) is 38.2 Å². The van der Waals surface area contributed by atoms with Crippen molar-refractivity contribution in [3.8, 4) is 0 Å². The van der Waals surface area contributed by atoms with Crippen molar-refractivity contribution in [3.63, 3.8) is 0 Å². The highest BCUT2D eigenvalue weighted by atomic mass is 79.9. The van der Waals surface area contributed by atoms with Crippen LogP contribution in [0.2, 0.25) is 0 Å². The Hall–Kier alpha value is -0.740. The van der Waals surface area contributed by atoms with Crippen molar-refractivity contribution in [2.75, 3.05) is 6.54 Å². The highest BCUT2D eigenvalue weighted by molar-refractivity contribution is 9.10. The molecule has 1 unspecified atom stereocenters. The molecule has 0 aliphatic heterocycles. The summed E-state index contributed by atoms with van der Waals surface area (Å²) >= 11 is 3.29. The van der Waals surface area contributed by atoms with Crippen molar-refractivity contribution in [1.29, 1.82) is 0 Å². The van der Waals surface area contributed by atoms with E-state index in [1.807, 2.05) is 0 Å². The maximum absolute atomic E-state index is 12.9. The SMILES string of the molecule is CCC(CCN)CCC(=O)Cc1ccc(F)cc1Br. The van der Waals surface area contributed by atoms with E-state index in [0.717, 1.165) is 24.8 Å². The van der Waals surface area contributed by atoms with E-state index in [4.69, 9.17) is 5.73 Å². The van der Waals surface area contributed by atoms with E-state index in [0.29, 0.717) is 29.8 Å². The van der Waals surface area contributed by atoms with Crippen molar-refractivity contribution >= 4 is 21.7 Å². The van der Waals surface area contributed by atoms with Crippen LogP contribution in [0.25, 0.3) is 0 Å². The van der Waals surface area contributed by atoms with Gasteiger partial charge in [-0.1, -0.05) is 35.3 Å². The normalized spacial score (nSPS) is 12.4. The fraction of sp³-hybridized carbons (Fsp3) is 0.533. The average Bonchev–Trinajstić information content (AvgIpc) is 2.38. The molecule has 0 heterocycles. The standard InChI is InChI=1S/C15H21BrFNO/c1-2-11(7-8-18)3-6-14(19)9-12-4-5-13(17)10-15(12)16/h4-5,10-11H,2-3,6-9,18H2,1H3. The predicted molar refractivity (Wildman–Crippen MR) is 79.5 cm³/mol. The second-order valence-corrected chi connectivity index (χ2v) is 5.70. The molecule has 106 valence electrons. The number of rotatable bonds is 8. The number of hydrogen-bond acceptors (Lipinski definition) is 2. The summed E-state index contributed by atoms with van der Waals surface area (Å²) in [4.78, 5) is 11.9. The molecule has 1 aromatic rings. The first-order valence-electron chi connectivity index (χ1n) is 6.72. The van der Waals surface area contributed by atoms with Gasteiger partial charge in [0.25, 0.3) is 0 Å². The molecular formula is C15H21BrFNO. The van der Waals surface area contributed by atoms with Crippen LogP contribution >= 0.6 is 15.9 Å². The third kappa shape index (κ3) is 5.83. The molecule has 0 aromatic heterocycles. The van der Waals surface area contributed by atoms with E-state index in [-0.39, 0.29) is 11.6 Å². The van der Waals surface area contributed by atoms with E-state index < -0.39 is 0 Å². The average molecular weight is 330 g/mol. The van der Waals surface area contributed by atoms with E-state index >= 15 is 0 Å². The third-order valence-electron chi connectivity index (χ3n) is 3.39. The summed E-state index contributed by atoms with van der Waals surface area (Å²) in [5.41, 5.74) is 6.39. The molecule has 2 nitrogen and oxygen atoms in total. The second-order valence-electron chi connectivity index (χ2n) is 4.84. The quantitative estimate of drug-likeness (QED) is 0.787. The summed E-state index contributed by atoms with van der Waals surface area (Å²) in [7, 11) is 0. The maximum atomic E-state index is 12.9. The van der Waals surface area contributed by atoms with Crippen LogP contribution in [-0.2, 0) is 11.2 Å². The lowest BCUT2D eigenvalue weighted by Gasteiger charge is -2.12. The zero-order chi connectivity index (χ0) is 14.3. The van der Waals surface area contributed by atoms with Crippen LogP contribution in [0.3, 0.4) is 0 Å². The number of Topliss-reactive ketones (excluding diaryl/α,β-unsaturated/α-hetero) is 1. The largest absolute Gasteiger partial charge is 0.330 e. The highest BCUT2D eigenvalue weighted by Crippen LogP contribution is 2.20. The Morgan fingerprint density at radius 1 is 1.42 bits per heavy atom. The van der Waals surface area contributed by atoms with Crippen molar-refractivity contribution in [2.45, 2.75) is 39.0 Å². The number of carbonyl (C=O) groups is 1. The number of benzene rings is 1. The fourth-order valence-electron chi connectivity index (χ4n) is 2.12. The molecule has 1 aromatic carbocycles. The minimum absolute atomic E-state index is 0.197. The zero-order valence-corrected chi connectivity index (χ0v) is 12.9. The van der Waals surface area contributed by atoms with Gasteiger partial charge in [-0.15, -0.1) is 0 Å². The Kier molecular flexibility index (Phi) is 7.24. The number of nitrogens with two attached hydrogens (primary N) is 1. The Labute approximate surface area is 122 Å². The van der Waals surface area contributed by atoms with Crippen molar-refractivity contribution in [1.82, 2.24) is 0 Å². The van der Waals surface area contributed by atoms with Gasteiger partial charge in [-0.25, -0.2) is 4.39 Å². The molecular weight excluding hydrogens is 309 g/mol. The molecule has 0 aliphatic rings. The Morgan fingerprint density at radius 2 is 2.16 bits per heavy atom. The van der Waals surface area contributed by atoms with Crippen molar-refractivity contribution in [2.24, 2.45) is 11.7 Å². The molecule has 0 spiro atoms. The molecule has 0 amide bonds. The molecule has 0 fully saturated rings. The smallest absolute Gasteiger partial charge is 0.137 e. The van der Waals surface area contributed by atoms with Gasteiger partial charge in [0.15, 0.2) is 0 Å². The summed E-state index contributed by atoms with van der Waals surface area (Å²) in [6.07, 6.45) is 3.86. The van der Waals surface area contributed by atoms with Gasteiger partial charge in [0.05, 0.1) is 0 Å². The molecule has 0 saturated carbocycles. The van der Waals surface area contributed by atoms with E-state index in [2.05, 4.69) is 22.9 Å². The molecule has 4 heteroatoms. The van der Waals surface area contributed by atoms with Crippen LogP contribution in [0.15, 0.2) is 22.7 Å². The van der Waals surface area contributed by atoms with E-state index in [1.54, 1.807) is 6.07 Å². The second kappa shape index (κ2) is 8.43. The molecule has 1 atom stereocenters. The van der Waals surface area contributed by atoms with E-state index in [1.165, 1.54) is 12.1 Å². The van der Waals surface area contributed by atoms with Gasteiger partial charge in [0.1, 0.15) is 11.6 Å². The first-order chi connectivity index (χ1) is 9.06. The first-order valence-corrected chi connectivity index (χ1v) is 7.51. The Morgan fingerprint density at radius 3 is 2.74 bits per heavy atom. The van der Waals surface area contributed by atoms with Crippen LogP contribution in [0.4, 0.5) is 4.39 Å². The summed E-state index contributed by atoms with van der Waals surface area (Å²) in [5, 5.41) is 0. The molecule has 0 bridgehead atoms. The zero-order valence-electron chi connectivity index (χ0n) is 11.3. The Balaban J connectivity index is 2.46. The molecule has 0 aliphatic carbocycles. The topological polar surface area (TPSA) is 43.1 Å². The van der Waals surface area contributed by atoms with Crippen molar-refractivity contribution < 1.29 is 9.18 Å². The highest BCUT2D eigenvalue weighted by Gasteiger charge is 2.11. The lowest BCUT2D eigenvalue weighted by Crippen LogP contribution is -2.11. The lowest BCUT2D eigenvalue weighted by molar-refractivity contribution is -0.118. The number of halogens is 2. The molecule has 2 N–H and O–H groups in total. The van der Waals surface area contributed by atoms with Crippen molar-refractivity contribution in [3.05, 3.63) is 34.1 Å². The van der Waals surface area contributed by atoms with Crippen LogP contribution in [0, 0.1) is 11.7 Å². The molecule has 0 radical (unpaired) electrons. The van der Waals surface area contributed by atoms with Gasteiger partial charge in [0.2, 0.25) is 0 Å². The van der Waals surface area contributed by atoms with Gasteiger partial charge < -0.3 is 5.73 Å². The number of ketones is 1. The minimum atomic E-state index is -0.294. The fourth-order valence-corrected chi connectivity index (χ4v) is 2.61. The van der Waals surface area contributed by atoms with Gasteiger partial charge in [0, 0.05) is 17.3 Å². The summed E-state index contributed by atoms with van der Waals surface area (Å²) in [5.74, 6) is 0.436. The van der Waals surface area contributed by atoms with Crippen LogP contribution < -0.4 is 5.73 Å². The van der Waals surface area contributed by atoms with Gasteiger partial charge in [-0.2, -0.15) is 0 Å². The summed E-state index contributed by atoms with van der Waals surface area (Å²) in [6, 6.07) is 4.44. The van der Waals surface area contributed by atoms with Crippen LogP contribution in [0.5, 0.6) is 0 Å². The van der Waals surface area contributed by atoms with E-state index in [9.17, 15) is 9.18 Å². The van der Waals surface area contributed by atoms with Gasteiger partial charge in [-0.05, 0) is 43.0 Å². The van der Waals surface area contributed by atoms with Gasteiger partial charge >= 0.3 is 0 Å². The maximum Gasteiger partial charge on any atom is 0.137 e. The minimum Gasteiger partial charge on any atom is -0.330 e. The monoisotopic (exact) mass is 329 g/mol. The lowest BCUT2D eigenvalue weighted by atomic mass is 9.94. The number of carbonyl (C=O) groups excluding carboxylic acids is 1. The first kappa shape index (κ1) is 16.3. The predicted octanol–water partition coefficient (Wildman–Crippen LogP) is 3.86. The summed E-state index contributed by atoms with van der Waals surface area (Å²) < 4.78 is 13.6.